The molecule has 1 N–H and O–H groups in total. The standard InChI is InChI=1S/C13H18ClNO/c1-7-5-11-12(9(3)13(7)14)10(15-4)6-8(2)16-11/h5,8,10,15H,6H2,1-4H3. The number of hydrogen-bond acceptors (Lipinski definition) is 2. The first-order valence-corrected chi connectivity index (χ1v) is 6.06. The van der Waals surface area contributed by atoms with Crippen molar-refractivity contribution in [1.82, 2.24) is 5.32 Å². The Morgan fingerprint density at radius 2 is 2.12 bits per heavy atom. The van der Waals surface area contributed by atoms with Crippen LogP contribution in [0.5, 0.6) is 5.75 Å². The van der Waals surface area contributed by atoms with Crippen LogP contribution >= 0.6 is 11.6 Å². The van der Waals surface area contributed by atoms with E-state index in [0.29, 0.717) is 6.04 Å². The lowest BCUT2D eigenvalue weighted by atomic mass is 9.92. The lowest BCUT2D eigenvalue weighted by molar-refractivity contribution is 0.168. The molecule has 0 aromatic heterocycles. The summed E-state index contributed by atoms with van der Waals surface area (Å²) in [5.41, 5.74) is 3.45. The molecule has 1 aliphatic heterocycles. The van der Waals surface area contributed by atoms with Crippen LogP contribution < -0.4 is 10.1 Å². The fourth-order valence-electron chi connectivity index (χ4n) is 2.44. The topological polar surface area (TPSA) is 21.3 Å². The summed E-state index contributed by atoms with van der Waals surface area (Å²) in [5.74, 6) is 0.984. The highest BCUT2D eigenvalue weighted by Crippen LogP contribution is 2.40. The molecule has 1 heterocycles. The molecular weight excluding hydrogens is 222 g/mol. The maximum atomic E-state index is 6.29. The number of aryl methyl sites for hydroxylation is 1. The quantitative estimate of drug-likeness (QED) is 0.811. The van der Waals surface area contributed by atoms with Crippen molar-refractivity contribution in [3.05, 3.63) is 27.8 Å². The Morgan fingerprint density at radius 3 is 2.75 bits per heavy atom. The van der Waals surface area contributed by atoms with Crippen LogP contribution in [0.2, 0.25) is 5.02 Å². The first-order chi connectivity index (χ1) is 7.54. The van der Waals surface area contributed by atoms with Crippen molar-refractivity contribution in [2.24, 2.45) is 0 Å². The molecule has 88 valence electrons. The van der Waals surface area contributed by atoms with Crippen LogP contribution in [-0.2, 0) is 0 Å². The van der Waals surface area contributed by atoms with Gasteiger partial charge in [-0.05, 0) is 45.0 Å². The van der Waals surface area contributed by atoms with E-state index in [1.165, 1.54) is 5.56 Å². The Hall–Kier alpha value is -0.730. The first kappa shape index (κ1) is 11.7. The minimum atomic E-state index is 0.255. The maximum Gasteiger partial charge on any atom is 0.125 e. The van der Waals surface area contributed by atoms with Gasteiger partial charge >= 0.3 is 0 Å². The number of benzene rings is 1. The van der Waals surface area contributed by atoms with E-state index in [0.717, 1.165) is 28.3 Å². The number of rotatable bonds is 1. The van der Waals surface area contributed by atoms with Gasteiger partial charge in [0.2, 0.25) is 0 Å². The van der Waals surface area contributed by atoms with Crippen LogP contribution in [0.25, 0.3) is 0 Å². The number of ether oxygens (including phenoxy) is 1. The molecule has 3 heteroatoms. The molecule has 2 nitrogen and oxygen atoms in total. The summed E-state index contributed by atoms with van der Waals surface area (Å²) in [7, 11) is 1.99. The molecule has 1 aromatic carbocycles. The van der Waals surface area contributed by atoms with E-state index >= 15 is 0 Å². The van der Waals surface area contributed by atoms with Gasteiger partial charge in [-0.3, -0.25) is 0 Å². The van der Waals surface area contributed by atoms with Gasteiger partial charge in [-0.1, -0.05) is 11.6 Å². The SMILES string of the molecule is CNC1CC(C)Oc2cc(C)c(Cl)c(C)c21. The fraction of sp³-hybridized carbons (Fsp3) is 0.538. The molecule has 2 unspecified atom stereocenters. The maximum absolute atomic E-state index is 6.29. The molecular formula is C13H18ClNO. The van der Waals surface area contributed by atoms with Crippen molar-refractivity contribution in [3.63, 3.8) is 0 Å². The zero-order valence-corrected chi connectivity index (χ0v) is 11.0. The molecule has 0 saturated carbocycles. The molecule has 0 aliphatic carbocycles. The van der Waals surface area contributed by atoms with E-state index in [1.807, 2.05) is 20.0 Å². The Bertz CT molecular complexity index is 417. The van der Waals surface area contributed by atoms with Crippen molar-refractivity contribution in [2.75, 3.05) is 7.05 Å². The van der Waals surface area contributed by atoms with Crippen LogP contribution in [0.1, 0.15) is 36.1 Å². The largest absolute Gasteiger partial charge is 0.490 e. The molecule has 0 bridgehead atoms. The van der Waals surface area contributed by atoms with Crippen LogP contribution in [-0.4, -0.2) is 13.2 Å². The van der Waals surface area contributed by atoms with Gasteiger partial charge in [0.1, 0.15) is 5.75 Å². The van der Waals surface area contributed by atoms with Gasteiger partial charge in [0.05, 0.1) is 6.10 Å². The van der Waals surface area contributed by atoms with Gasteiger partial charge < -0.3 is 10.1 Å². The molecule has 0 saturated heterocycles. The zero-order valence-electron chi connectivity index (χ0n) is 10.2. The van der Waals surface area contributed by atoms with Crippen molar-refractivity contribution >= 4 is 11.6 Å². The van der Waals surface area contributed by atoms with E-state index < -0.39 is 0 Å². The third kappa shape index (κ3) is 1.80. The van der Waals surface area contributed by atoms with Crippen molar-refractivity contribution in [2.45, 2.75) is 39.3 Å². The summed E-state index contributed by atoms with van der Waals surface area (Å²) < 4.78 is 5.88. The van der Waals surface area contributed by atoms with Crippen LogP contribution in [0.15, 0.2) is 6.07 Å². The minimum absolute atomic E-state index is 0.255. The molecule has 0 spiro atoms. The Balaban J connectivity index is 2.59. The summed E-state index contributed by atoms with van der Waals surface area (Å²) in [6.45, 7) is 6.19. The van der Waals surface area contributed by atoms with Gasteiger partial charge in [0.25, 0.3) is 0 Å². The Labute approximate surface area is 102 Å². The molecule has 16 heavy (non-hydrogen) atoms. The molecule has 2 atom stereocenters. The third-order valence-corrected chi connectivity index (χ3v) is 3.87. The van der Waals surface area contributed by atoms with E-state index in [9.17, 15) is 0 Å². The van der Waals surface area contributed by atoms with Crippen LogP contribution in [0.3, 0.4) is 0 Å². The van der Waals surface area contributed by atoms with E-state index in [2.05, 4.69) is 19.2 Å². The summed E-state index contributed by atoms with van der Waals surface area (Å²) in [6, 6.07) is 2.39. The normalized spacial score (nSPS) is 23.8. The second kappa shape index (κ2) is 4.27. The summed E-state index contributed by atoms with van der Waals surface area (Å²) in [6.07, 6.45) is 1.24. The summed E-state index contributed by atoms with van der Waals surface area (Å²) >= 11 is 6.29. The third-order valence-electron chi connectivity index (χ3n) is 3.29. The lowest BCUT2D eigenvalue weighted by Gasteiger charge is -2.32. The van der Waals surface area contributed by atoms with Crippen LogP contribution in [0, 0.1) is 13.8 Å². The van der Waals surface area contributed by atoms with E-state index in [4.69, 9.17) is 16.3 Å². The molecule has 1 aliphatic rings. The predicted molar refractivity (Wildman–Crippen MR) is 67.4 cm³/mol. The second-order valence-corrected chi connectivity index (χ2v) is 4.93. The highest BCUT2D eigenvalue weighted by molar-refractivity contribution is 6.32. The van der Waals surface area contributed by atoms with Gasteiger partial charge in [-0.15, -0.1) is 0 Å². The number of nitrogens with one attached hydrogen (secondary N) is 1. The number of hydrogen-bond donors (Lipinski definition) is 1. The molecule has 0 amide bonds. The molecule has 0 radical (unpaired) electrons. The highest BCUT2D eigenvalue weighted by Gasteiger charge is 2.27. The fourth-order valence-corrected chi connectivity index (χ4v) is 2.60. The van der Waals surface area contributed by atoms with E-state index in [-0.39, 0.29) is 6.10 Å². The van der Waals surface area contributed by atoms with Gasteiger partial charge in [0.15, 0.2) is 0 Å². The zero-order chi connectivity index (χ0) is 11.9. The number of fused-ring (bicyclic) bond motifs is 1. The monoisotopic (exact) mass is 239 g/mol. The molecule has 1 aromatic rings. The Kier molecular flexibility index (Phi) is 3.13. The van der Waals surface area contributed by atoms with Crippen molar-refractivity contribution in [1.29, 1.82) is 0 Å². The van der Waals surface area contributed by atoms with Crippen molar-refractivity contribution in [3.8, 4) is 5.75 Å². The van der Waals surface area contributed by atoms with Crippen LogP contribution in [0.4, 0.5) is 0 Å². The lowest BCUT2D eigenvalue weighted by Crippen LogP contribution is -2.30. The molecule has 0 fully saturated rings. The first-order valence-electron chi connectivity index (χ1n) is 5.68. The minimum Gasteiger partial charge on any atom is -0.490 e. The van der Waals surface area contributed by atoms with Gasteiger partial charge in [-0.2, -0.15) is 0 Å². The molecule has 2 rings (SSSR count). The summed E-state index contributed by atoms with van der Waals surface area (Å²) in [4.78, 5) is 0. The van der Waals surface area contributed by atoms with E-state index in [1.54, 1.807) is 0 Å². The Morgan fingerprint density at radius 1 is 1.44 bits per heavy atom. The van der Waals surface area contributed by atoms with Crippen molar-refractivity contribution < 1.29 is 4.74 Å². The van der Waals surface area contributed by atoms with Gasteiger partial charge in [-0.25, -0.2) is 0 Å². The van der Waals surface area contributed by atoms with Gasteiger partial charge in [0, 0.05) is 23.0 Å². The highest BCUT2D eigenvalue weighted by atomic mass is 35.5. The number of halogens is 1. The average Bonchev–Trinajstić information content (AvgIpc) is 2.24. The summed E-state index contributed by atoms with van der Waals surface area (Å²) in [5, 5.41) is 4.20. The predicted octanol–water partition coefficient (Wildman–Crippen LogP) is 3.39. The average molecular weight is 240 g/mol. The second-order valence-electron chi connectivity index (χ2n) is 4.55. The smallest absolute Gasteiger partial charge is 0.125 e.